The highest BCUT2D eigenvalue weighted by molar-refractivity contribution is 5.84. The number of fused-ring (bicyclic) bond motifs is 2. The number of hydrogen-bond donors (Lipinski definition) is 0. The molecule has 1 aromatic carbocycles. The molecule has 1 aromatic rings. The Balaban J connectivity index is 1.64. The summed E-state index contributed by atoms with van der Waals surface area (Å²) in [7, 11) is 1.61. The van der Waals surface area contributed by atoms with E-state index in [0.717, 1.165) is 18.4 Å². The largest absolute Gasteiger partial charge is 0.376 e. The average Bonchev–Trinajstić information content (AvgIpc) is 3.00. The molecule has 130 valence electrons. The predicted molar refractivity (Wildman–Crippen MR) is 91.3 cm³/mol. The molecule has 2 aliphatic rings. The number of ketones is 1. The first-order valence-corrected chi connectivity index (χ1v) is 8.57. The Bertz CT molecular complexity index is 570. The van der Waals surface area contributed by atoms with Crippen molar-refractivity contribution in [3.63, 3.8) is 0 Å². The van der Waals surface area contributed by atoms with E-state index in [1.54, 1.807) is 7.11 Å². The van der Waals surface area contributed by atoms with Crippen molar-refractivity contribution < 1.29 is 19.0 Å². The zero-order valence-electron chi connectivity index (χ0n) is 14.3. The molecule has 2 aliphatic carbocycles. The average molecular weight is 330 g/mol. The fourth-order valence-corrected chi connectivity index (χ4v) is 4.15. The first-order valence-electron chi connectivity index (χ1n) is 8.57. The molecule has 2 saturated carbocycles. The lowest BCUT2D eigenvalue weighted by Crippen LogP contribution is -2.39. The van der Waals surface area contributed by atoms with Gasteiger partial charge in [0, 0.05) is 24.9 Å². The van der Waals surface area contributed by atoms with Crippen LogP contribution in [-0.2, 0) is 25.6 Å². The van der Waals surface area contributed by atoms with Crippen molar-refractivity contribution in [2.75, 3.05) is 20.5 Å². The van der Waals surface area contributed by atoms with E-state index in [-0.39, 0.29) is 30.0 Å². The molecule has 4 nitrogen and oxygen atoms in total. The van der Waals surface area contributed by atoms with E-state index in [2.05, 4.69) is 6.58 Å². The molecular formula is C20H26O4. The third-order valence-electron chi connectivity index (χ3n) is 5.52. The maximum atomic E-state index is 12.6. The summed E-state index contributed by atoms with van der Waals surface area (Å²) in [5.74, 6) is 0.663. The maximum Gasteiger partial charge on any atom is 0.146 e. The van der Waals surface area contributed by atoms with Crippen molar-refractivity contribution in [3.8, 4) is 0 Å². The minimum Gasteiger partial charge on any atom is -0.376 e. The minimum atomic E-state index is -0.270. The van der Waals surface area contributed by atoms with Crippen molar-refractivity contribution in [1.82, 2.24) is 0 Å². The first-order chi connectivity index (χ1) is 11.7. The van der Waals surface area contributed by atoms with Crippen LogP contribution in [0, 0.1) is 17.3 Å². The zero-order chi connectivity index (χ0) is 17.0. The third kappa shape index (κ3) is 3.46. The van der Waals surface area contributed by atoms with Gasteiger partial charge in [-0.25, -0.2) is 0 Å². The molecular weight excluding hydrogens is 304 g/mol. The van der Waals surface area contributed by atoms with Crippen LogP contribution >= 0.6 is 0 Å². The van der Waals surface area contributed by atoms with Gasteiger partial charge in [0.25, 0.3) is 0 Å². The SMILES string of the molecule is C=C[C@]1(COCc2ccccc2)CC(=O)[C@@H]2C[C@H]1C[C@@H]2OCOC. The number of ether oxygens (including phenoxy) is 3. The van der Waals surface area contributed by atoms with Gasteiger partial charge in [-0.1, -0.05) is 36.4 Å². The van der Waals surface area contributed by atoms with Crippen molar-refractivity contribution >= 4 is 5.78 Å². The second-order valence-corrected chi connectivity index (χ2v) is 6.95. The summed E-state index contributed by atoms with van der Waals surface area (Å²) in [5, 5.41) is 0. The predicted octanol–water partition coefficient (Wildman–Crippen LogP) is 3.36. The smallest absolute Gasteiger partial charge is 0.146 e. The molecule has 0 unspecified atom stereocenters. The molecule has 3 rings (SSSR count). The Morgan fingerprint density at radius 3 is 2.79 bits per heavy atom. The highest BCUT2D eigenvalue weighted by Crippen LogP contribution is 2.52. The van der Waals surface area contributed by atoms with E-state index < -0.39 is 0 Å². The molecule has 2 bridgehead atoms. The van der Waals surface area contributed by atoms with Gasteiger partial charge >= 0.3 is 0 Å². The second-order valence-electron chi connectivity index (χ2n) is 6.95. The summed E-state index contributed by atoms with van der Waals surface area (Å²) < 4.78 is 16.7. The molecule has 0 spiro atoms. The molecule has 0 N–H and O–H groups in total. The highest BCUT2D eigenvalue weighted by atomic mass is 16.7. The summed E-state index contributed by atoms with van der Waals surface area (Å²) >= 11 is 0. The summed E-state index contributed by atoms with van der Waals surface area (Å²) in [4.78, 5) is 12.6. The third-order valence-corrected chi connectivity index (χ3v) is 5.52. The molecule has 4 atom stereocenters. The first kappa shape index (κ1) is 17.3. The van der Waals surface area contributed by atoms with E-state index >= 15 is 0 Å². The summed E-state index contributed by atoms with van der Waals surface area (Å²) in [6.45, 7) is 5.36. The summed E-state index contributed by atoms with van der Waals surface area (Å²) in [5.41, 5.74) is 0.873. The van der Waals surface area contributed by atoms with Crippen LogP contribution in [-0.4, -0.2) is 32.4 Å². The Hall–Kier alpha value is -1.49. The van der Waals surface area contributed by atoms with Gasteiger partial charge in [-0.2, -0.15) is 0 Å². The lowest BCUT2D eigenvalue weighted by Gasteiger charge is -2.39. The van der Waals surface area contributed by atoms with Crippen LogP contribution in [0.25, 0.3) is 0 Å². The van der Waals surface area contributed by atoms with Gasteiger partial charge in [0.1, 0.15) is 12.6 Å². The fourth-order valence-electron chi connectivity index (χ4n) is 4.15. The molecule has 0 amide bonds. The van der Waals surface area contributed by atoms with E-state index in [1.165, 1.54) is 0 Å². The molecule has 0 aliphatic heterocycles. The van der Waals surface area contributed by atoms with Crippen LogP contribution in [0.3, 0.4) is 0 Å². The lowest BCUT2D eigenvalue weighted by molar-refractivity contribution is -0.135. The molecule has 0 aromatic heterocycles. The van der Waals surface area contributed by atoms with Gasteiger partial charge < -0.3 is 14.2 Å². The molecule has 4 heteroatoms. The van der Waals surface area contributed by atoms with E-state index in [0.29, 0.717) is 25.6 Å². The number of methoxy groups -OCH3 is 1. The van der Waals surface area contributed by atoms with Crippen molar-refractivity contribution in [3.05, 3.63) is 48.6 Å². The van der Waals surface area contributed by atoms with E-state index in [1.807, 2.05) is 36.4 Å². The Morgan fingerprint density at radius 2 is 2.08 bits per heavy atom. The number of benzene rings is 1. The van der Waals surface area contributed by atoms with Crippen molar-refractivity contribution in [2.24, 2.45) is 17.3 Å². The second kappa shape index (κ2) is 7.60. The number of Topliss-reactive ketones (excluding diaryl/α,β-unsaturated/α-hetero) is 1. The lowest BCUT2D eigenvalue weighted by atomic mass is 9.67. The minimum absolute atomic E-state index is 0.00680. The van der Waals surface area contributed by atoms with Crippen LogP contribution < -0.4 is 0 Å². The zero-order valence-corrected chi connectivity index (χ0v) is 14.3. The van der Waals surface area contributed by atoms with Crippen LogP contribution in [0.15, 0.2) is 43.0 Å². The van der Waals surface area contributed by atoms with Gasteiger partial charge in [0.05, 0.1) is 19.3 Å². The number of rotatable bonds is 8. The van der Waals surface area contributed by atoms with Crippen LogP contribution in [0.4, 0.5) is 0 Å². The molecule has 24 heavy (non-hydrogen) atoms. The van der Waals surface area contributed by atoms with Crippen molar-refractivity contribution in [2.45, 2.75) is 32.0 Å². The maximum absolute atomic E-state index is 12.6. The van der Waals surface area contributed by atoms with Gasteiger partial charge in [-0.05, 0) is 24.3 Å². The number of carbonyl (C=O) groups excluding carboxylic acids is 1. The van der Waals surface area contributed by atoms with Gasteiger partial charge in [0.15, 0.2) is 0 Å². The monoisotopic (exact) mass is 330 g/mol. The Morgan fingerprint density at radius 1 is 1.29 bits per heavy atom. The molecule has 2 fully saturated rings. The molecule has 0 saturated heterocycles. The fraction of sp³-hybridized carbons (Fsp3) is 0.550. The van der Waals surface area contributed by atoms with E-state index in [4.69, 9.17) is 14.2 Å². The molecule has 0 radical (unpaired) electrons. The summed E-state index contributed by atoms with van der Waals surface area (Å²) in [6.07, 6.45) is 4.16. The normalized spacial score (nSPS) is 32.0. The van der Waals surface area contributed by atoms with Gasteiger partial charge in [0.2, 0.25) is 0 Å². The quantitative estimate of drug-likeness (QED) is 0.541. The molecule has 0 heterocycles. The van der Waals surface area contributed by atoms with Crippen LogP contribution in [0.1, 0.15) is 24.8 Å². The van der Waals surface area contributed by atoms with Gasteiger partial charge in [-0.3, -0.25) is 4.79 Å². The highest BCUT2D eigenvalue weighted by Gasteiger charge is 2.53. The van der Waals surface area contributed by atoms with Gasteiger partial charge in [-0.15, -0.1) is 6.58 Å². The Kier molecular flexibility index (Phi) is 5.49. The number of carbonyl (C=O) groups is 1. The van der Waals surface area contributed by atoms with E-state index in [9.17, 15) is 4.79 Å². The van der Waals surface area contributed by atoms with Crippen LogP contribution in [0.2, 0.25) is 0 Å². The topological polar surface area (TPSA) is 44.8 Å². The standard InChI is InChI=1S/C20H26O4/c1-3-20(13-23-12-15-7-5-4-6-8-15)11-18(21)17-9-16(20)10-19(17)24-14-22-2/h3-8,16-17,19H,1,9-14H2,2H3/t16-,17-,19-,20+/m0/s1. The number of hydrogen-bond acceptors (Lipinski definition) is 4. The van der Waals surface area contributed by atoms with Crippen LogP contribution in [0.5, 0.6) is 0 Å². The Labute approximate surface area is 143 Å². The summed E-state index contributed by atoms with van der Waals surface area (Å²) in [6, 6.07) is 10.1. The van der Waals surface area contributed by atoms with Crippen molar-refractivity contribution in [1.29, 1.82) is 0 Å².